The SMILES string of the molecule is CCOC(=O)c1sc(NC(=O)c2ccnn2CCC(=O)O)c(C(=O)OC(C)C)c1C. The molecule has 0 bridgehead atoms. The first kappa shape index (κ1) is 23.1. The van der Waals surface area contributed by atoms with Crippen LogP contribution in [0.15, 0.2) is 12.3 Å². The number of carboxylic acids is 1. The van der Waals surface area contributed by atoms with Crippen LogP contribution in [0.1, 0.15) is 63.3 Å². The first-order chi connectivity index (χ1) is 14.1. The number of hydrogen-bond donors (Lipinski definition) is 2. The van der Waals surface area contributed by atoms with Gasteiger partial charge < -0.3 is 19.9 Å². The number of anilines is 1. The summed E-state index contributed by atoms with van der Waals surface area (Å²) in [5, 5.41) is 15.5. The number of aliphatic carboxylic acids is 1. The van der Waals surface area contributed by atoms with Crippen LogP contribution in [-0.2, 0) is 20.8 Å². The molecule has 2 N–H and O–H groups in total. The van der Waals surface area contributed by atoms with Crippen LogP contribution in [0.3, 0.4) is 0 Å². The van der Waals surface area contributed by atoms with E-state index in [9.17, 15) is 19.2 Å². The number of aromatic nitrogens is 2. The fourth-order valence-corrected chi connectivity index (χ4v) is 3.67. The Bertz CT molecular complexity index is 961. The van der Waals surface area contributed by atoms with E-state index < -0.39 is 29.9 Å². The maximum atomic E-state index is 12.8. The second-order valence-corrected chi connectivity index (χ2v) is 7.49. The minimum Gasteiger partial charge on any atom is -0.481 e. The largest absolute Gasteiger partial charge is 0.481 e. The smallest absolute Gasteiger partial charge is 0.348 e. The minimum atomic E-state index is -1.02. The predicted octanol–water partition coefficient (Wildman–Crippen LogP) is 2.72. The fraction of sp³-hybridized carbons (Fsp3) is 0.421. The van der Waals surface area contributed by atoms with Gasteiger partial charge >= 0.3 is 17.9 Å². The van der Waals surface area contributed by atoms with E-state index in [1.54, 1.807) is 27.7 Å². The van der Waals surface area contributed by atoms with Crippen molar-refractivity contribution < 1.29 is 33.8 Å². The van der Waals surface area contributed by atoms with Gasteiger partial charge in [-0.05, 0) is 39.3 Å². The number of nitrogens with one attached hydrogen (secondary N) is 1. The molecule has 0 aliphatic carbocycles. The molecule has 2 aromatic heterocycles. The lowest BCUT2D eigenvalue weighted by Gasteiger charge is -2.11. The molecular weight excluding hydrogens is 414 g/mol. The maximum Gasteiger partial charge on any atom is 0.348 e. The van der Waals surface area contributed by atoms with Crippen molar-refractivity contribution in [3.05, 3.63) is 34.0 Å². The average molecular weight is 437 g/mol. The van der Waals surface area contributed by atoms with Crippen molar-refractivity contribution in [1.29, 1.82) is 0 Å². The summed E-state index contributed by atoms with van der Waals surface area (Å²) in [7, 11) is 0. The summed E-state index contributed by atoms with van der Waals surface area (Å²) in [5.74, 6) is -2.91. The number of carboxylic acid groups (broad SMARTS) is 1. The van der Waals surface area contributed by atoms with Crippen molar-refractivity contribution in [3.63, 3.8) is 0 Å². The highest BCUT2D eigenvalue weighted by Crippen LogP contribution is 2.35. The second kappa shape index (κ2) is 10.0. The summed E-state index contributed by atoms with van der Waals surface area (Å²) in [5.41, 5.74) is 0.531. The Balaban J connectivity index is 2.38. The normalized spacial score (nSPS) is 10.7. The minimum absolute atomic E-state index is 0.00484. The monoisotopic (exact) mass is 437 g/mol. The first-order valence-electron chi connectivity index (χ1n) is 9.22. The van der Waals surface area contributed by atoms with E-state index in [2.05, 4.69) is 10.4 Å². The van der Waals surface area contributed by atoms with Gasteiger partial charge in [0.2, 0.25) is 0 Å². The Morgan fingerprint density at radius 1 is 1.27 bits per heavy atom. The van der Waals surface area contributed by atoms with E-state index in [1.807, 2.05) is 0 Å². The lowest BCUT2D eigenvalue weighted by atomic mass is 10.1. The van der Waals surface area contributed by atoms with Crippen molar-refractivity contribution in [1.82, 2.24) is 9.78 Å². The number of carbonyl (C=O) groups excluding carboxylic acids is 3. The van der Waals surface area contributed by atoms with Crippen molar-refractivity contribution in [2.45, 2.75) is 46.8 Å². The Kier molecular flexibility index (Phi) is 7.70. The van der Waals surface area contributed by atoms with Gasteiger partial charge in [-0.25, -0.2) is 9.59 Å². The lowest BCUT2D eigenvalue weighted by molar-refractivity contribution is -0.137. The molecule has 0 aliphatic rings. The molecule has 0 spiro atoms. The van der Waals surface area contributed by atoms with E-state index in [-0.39, 0.29) is 40.7 Å². The Morgan fingerprint density at radius 3 is 2.57 bits per heavy atom. The van der Waals surface area contributed by atoms with E-state index in [1.165, 1.54) is 16.9 Å². The topological polar surface area (TPSA) is 137 Å². The molecule has 2 heterocycles. The van der Waals surface area contributed by atoms with Gasteiger partial charge in [-0.2, -0.15) is 5.10 Å². The highest BCUT2D eigenvalue weighted by Gasteiger charge is 2.28. The van der Waals surface area contributed by atoms with Crippen LogP contribution in [0.2, 0.25) is 0 Å². The highest BCUT2D eigenvalue weighted by molar-refractivity contribution is 7.18. The summed E-state index contributed by atoms with van der Waals surface area (Å²) in [6.07, 6.45) is 0.761. The Hall–Kier alpha value is -3.21. The zero-order valence-electron chi connectivity index (χ0n) is 17.1. The molecule has 2 aromatic rings. The molecule has 0 aliphatic heterocycles. The predicted molar refractivity (Wildman–Crippen MR) is 108 cm³/mol. The lowest BCUT2D eigenvalue weighted by Crippen LogP contribution is -2.20. The van der Waals surface area contributed by atoms with Crippen LogP contribution in [0.25, 0.3) is 0 Å². The first-order valence-corrected chi connectivity index (χ1v) is 10.0. The summed E-state index contributed by atoms with van der Waals surface area (Å²) >= 11 is 0.908. The molecule has 0 saturated heterocycles. The van der Waals surface area contributed by atoms with Gasteiger partial charge in [0.25, 0.3) is 5.91 Å². The molecule has 0 saturated carbocycles. The van der Waals surface area contributed by atoms with E-state index in [0.29, 0.717) is 5.56 Å². The van der Waals surface area contributed by atoms with Crippen LogP contribution in [0.4, 0.5) is 5.00 Å². The molecule has 1 amide bonds. The van der Waals surface area contributed by atoms with Crippen LogP contribution in [0, 0.1) is 6.92 Å². The van der Waals surface area contributed by atoms with Crippen molar-refractivity contribution in [3.8, 4) is 0 Å². The number of rotatable bonds is 9. The van der Waals surface area contributed by atoms with Crippen LogP contribution in [0.5, 0.6) is 0 Å². The highest BCUT2D eigenvalue weighted by atomic mass is 32.1. The molecule has 30 heavy (non-hydrogen) atoms. The Labute approximate surface area is 176 Å². The quantitative estimate of drug-likeness (QED) is 0.571. The van der Waals surface area contributed by atoms with E-state index in [0.717, 1.165) is 11.3 Å². The molecule has 0 radical (unpaired) electrons. The van der Waals surface area contributed by atoms with Gasteiger partial charge in [0.05, 0.1) is 31.2 Å². The number of hydrogen-bond acceptors (Lipinski definition) is 8. The van der Waals surface area contributed by atoms with Crippen molar-refractivity contribution >= 4 is 40.2 Å². The summed E-state index contributed by atoms with van der Waals surface area (Å²) in [6, 6.07) is 1.43. The fourth-order valence-electron chi connectivity index (χ4n) is 2.58. The van der Waals surface area contributed by atoms with E-state index >= 15 is 0 Å². The summed E-state index contributed by atoms with van der Waals surface area (Å²) < 4.78 is 11.5. The van der Waals surface area contributed by atoms with Crippen LogP contribution < -0.4 is 5.32 Å². The zero-order chi connectivity index (χ0) is 22.4. The third-order valence-electron chi connectivity index (χ3n) is 3.87. The van der Waals surface area contributed by atoms with Crippen molar-refractivity contribution in [2.75, 3.05) is 11.9 Å². The number of ether oxygens (including phenoxy) is 2. The molecule has 10 nitrogen and oxygen atoms in total. The molecule has 0 fully saturated rings. The molecule has 11 heteroatoms. The number of amides is 1. The Morgan fingerprint density at radius 2 is 1.97 bits per heavy atom. The number of carbonyl (C=O) groups is 4. The molecule has 162 valence electrons. The van der Waals surface area contributed by atoms with Gasteiger partial charge in [-0.1, -0.05) is 0 Å². The van der Waals surface area contributed by atoms with Crippen molar-refractivity contribution in [2.24, 2.45) is 0 Å². The summed E-state index contributed by atoms with van der Waals surface area (Å²) in [6.45, 7) is 6.77. The number of aryl methyl sites for hydroxylation is 1. The average Bonchev–Trinajstić information content (AvgIpc) is 3.24. The van der Waals surface area contributed by atoms with Gasteiger partial charge in [0, 0.05) is 6.20 Å². The van der Waals surface area contributed by atoms with Crippen LogP contribution in [-0.4, -0.2) is 51.4 Å². The third-order valence-corrected chi connectivity index (χ3v) is 5.06. The third kappa shape index (κ3) is 5.44. The zero-order valence-corrected chi connectivity index (χ0v) is 17.9. The summed E-state index contributed by atoms with van der Waals surface area (Å²) in [4.78, 5) is 48.6. The molecule has 0 atom stereocenters. The molecule has 0 aromatic carbocycles. The van der Waals surface area contributed by atoms with Crippen LogP contribution >= 0.6 is 11.3 Å². The molecule has 0 unspecified atom stereocenters. The van der Waals surface area contributed by atoms with Gasteiger partial charge in [-0.3, -0.25) is 14.3 Å². The standard InChI is InChI=1S/C19H23N3O7S/c1-5-28-19(27)15-11(4)14(18(26)29-10(2)3)17(30-15)21-16(25)12-6-8-20-22(12)9-7-13(23)24/h6,8,10H,5,7,9H2,1-4H3,(H,21,25)(H,23,24). The van der Waals surface area contributed by atoms with Gasteiger partial charge in [0.15, 0.2) is 0 Å². The molecular formula is C19H23N3O7S. The molecule has 2 rings (SSSR count). The second-order valence-electron chi connectivity index (χ2n) is 6.47. The number of nitrogens with zero attached hydrogens (tertiary/aromatic N) is 2. The number of thiophene rings is 1. The van der Waals surface area contributed by atoms with E-state index in [4.69, 9.17) is 14.6 Å². The van der Waals surface area contributed by atoms with Gasteiger partial charge in [0.1, 0.15) is 15.6 Å². The maximum absolute atomic E-state index is 12.8. The number of esters is 2. The van der Waals surface area contributed by atoms with Gasteiger partial charge in [-0.15, -0.1) is 11.3 Å².